The van der Waals surface area contributed by atoms with Gasteiger partial charge >= 0.3 is 0 Å². The minimum absolute atomic E-state index is 0.487. The highest BCUT2D eigenvalue weighted by molar-refractivity contribution is 4.84. The van der Waals surface area contributed by atoms with Crippen LogP contribution in [0.25, 0.3) is 0 Å². The van der Waals surface area contributed by atoms with Gasteiger partial charge in [-0.3, -0.25) is 0 Å². The Hall–Kier alpha value is -0.0800. The first-order chi connectivity index (χ1) is 7.29. The molecule has 2 nitrogen and oxygen atoms in total. The molecule has 0 radical (unpaired) electrons. The van der Waals surface area contributed by atoms with Crippen molar-refractivity contribution in [1.82, 2.24) is 4.90 Å². The third kappa shape index (κ3) is 3.46. The third-order valence-electron chi connectivity index (χ3n) is 4.19. The van der Waals surface area contributed by atoms with Crippen molar-refractivity contribution >= 4 is 0 Å². The summed E-state index contributed by atoms with van der Waals surface area (Å²) in [6.45, 7) is 6.04. The van der Waals surface area contributed by atoms with E-state index in [2.05, 4.69) is 11.8 Å². The van der Waals surface area contributed by atoms with Crippen LogP contribution >= 0.6 is 0 Å². The van der Waals surface area contributed by atoms with Crippen LogP contribution in [-0.4, -0.2) is 30.6 Å². The Morgan fingerprint density at radius 3 is 2.47 bits per heavy atom. The van der Waals surface area contributed by atoms with Crippen molar-refractivity contribution in [2.45, 2.75) is 51.5 Å². The molecule has 0 heterocycles. The van der Waals surface area contributed by atoms with Gasteiger partial charge in [-0.15, -0.1) is 0 Å². The number of nitrogens with two attached hydrogens (primary N) is 1. The van der Waals surface area contributed by atoms with E-state index in [0.29, 0.717) is 6.04 Å². The van der Waals surface area contributed by atoms with Crippen LogP contribution in [0.1, 0.15) is 45.4 Å². The van der Waals surface area contributed by atoms with Crippen LogP contribution in [0.2, 0.25) is 0 Å². The Balaban J connectivity index is 1.60. The molecular formula is C13H26N2. The van der Waals surface area contributed by atoms with Gasteiger partial charge in [-0.05, 0) is 57.0 Å². The predicted molar refractivity (Wildman–Crippen MR) is 64.8 cm³/mol. The third-order valence-corrected chi connectivity index (χ3v) is 4.19. The minimum Gasteiger partial charge on any atom is -0.327 e. The summed E-state index contributed by atoms with van der Waals surface area (Å²) in [5, 5.41) is 0. The Labute approximate surface area is 94.2 Å². The van der Waals surface area contributed by atoms with Crippen LogP contribution in [0.5, 0.6) is 0 Å². The van der Waals surface area contributed by atoms with Crippen LogP contribution in [0, 0.1) is 11.8 Å². The van der Waals surface area contributed by atoms with Crippen LogP contribution < -0.4 is 5.73 Å². The summed E-state index contributed by atoms with van der Waals surface area (Å²) in [6, 6.07) is 0.487. The van der Waals surface area contributed by atoms with E-state index in [-0.39, 0.29) is 0 Å². The van der Waals surface area contributed by atoms with Crippen LogP contribution in [0.15, 0.2) is 0 Å². The highest BCUT2D eigenvalue weighted by Gasteiger charge is 2.28. The average molecular weight is 210 g/mol. The SMILES string of the molecule is CCN(CCC(N)C1CC1)CC1CCC1. The Kier molecular flexibility index (Phi) is 4.04. The van der Waals surface area contributed by atoms with Crippen molar-refractivity contribution in [2.24, 2.45) is 17.6 Å². The Bertz CT molecular complexity index is 185. The summed E-state index contributed by atoms with van der Waals surface area (Å²) in [4.78, 5) is 2.60. The number of hydrogen-bond donors (Lipinski definition) is 1. The lowest BCUT2D eigenvalue weighted by atomic mass is 9.85. The second-order valence-electron chi connectivity index (χ2n) is 5.48. The van der Waals surface area contributed by atoms with Crippen molar-refractivity contribution in [1.29, 1.82) is 0 Å². The van der Waals surface area contributed by atoms with Crippen molar-refractivity contribution in [3.05, 3.63) is 0 Å². The molecule has 2 heteroatoms. The number of rotatable bonds is 7. The molecule has 0 saturated heterocycles. The smallest absolute Gasteiger partial charge is 0.00793 e. The summed E-state index contributed by atoms with van der Waals surface area (Å²) in [5.41, 5.74) is 6.13. The lowest BCUT2D eigenvalue weighted by Gasteiger charge is -2.32. The normalized spacial score (nSPS) is 24.2. The van der Waals surface area contributed by atoms with Gasteiger partial charge in [-0.2, -0.15) is 0 Å². The van der Waals surface area contributed by atoms with E-state index in [1.165, 1.54) is 58.2 Å². The zero-order chi connectivity index (χ0) is 10.7. The topological polar surface area (TPSA) is 29.3 Å². The van der Waals surface area contributed by atoms with E-state index in [1.54, 1.807) is 0 Å². The van der Waals surface area contributed by atoms with E-state index in [1.807, 2.05) is 0 Å². The molecule has 0 spiro atoms. The zero-order valence-electron chi connectivity index (χ0n) is 10.1. The quantitative estimate of drug-likeness (QED) is 0.698. The van der Waals surface area contributed by atoms with Gasteiger partial charge in [0.1, 0.15) is 0 Å². The molecule has 1 atom stereocenters. The zero-order valence-corrected chi connectivity index (χ0v) is 10.1. The second-order valence-corrected chi connectivity index (χ2v) is 5.48. The van der Waals surface area contributed by atoms with Gasteiger partial charge in [0, 0.05) is 12.6 Å². The van der Waals surface area contributed by atoms with Gasteiger partial charge in [-0.1, -0.05) is 13.3 Å². The molecule has 2 saturated carbocycles. The minimum atomic E-state index is 0.487. The lowest BCUT2D eigenvalue weighted by Crippen LogP contribution is -2.36. The molecule has 2 N–H and O–H groups in total. The molecule has 2 aliphatic rings. The first kappa shape index (κ1) is 11.4. The maximum absolute atomic E-state index is 6.13. The summed E-state index contributed by atoms with van der Waals surface area (Å²) in [6.07, 6.45) is 8.37. The van der Waals surface area contributed by atoms with E-state index < -0.39 is 0 Å². The molecule has 0 bridgehead atoms. The van der Waals surface area contributed by atoms with Gasteiger partial charge in [-0.25, -0.2) is 0 Å². The van der Waals surface area contributed by atoms with E-state index >= 15 is 0 Å². The molecule has 88 valence electrons. The molecule has 0 aromatic rings. The van der Waals surface area contributed by atoms with Gasteiger partial charge < -0.3 is 10.6 Å². The lowest BCUT2D eigenvalue weighted by molar-refractivity contribution is 0.178. The molecular weight excluding hydrogens is 184 g/mol. The van der Waals surface area contributed by atoms with Crippen molar-refractivity contribution in [2.75, 3.05) is 19.6 Å². The first-order valence-electron chi connectivity index (χ1n) is 6.77. The van der Waals surface area contributed by atoms with E-state index in [0.717, 1.165) is 11.8 Å². The van der Waals surface area contributed by atoms with Gasteiger partial charge in [0.05, 0.1) is 0 Å². The first-order valence-corrected chi connectivity index (χ1v) is 6.77. The second kappa shape index (κ2) is 5.31. The highest BCUT2D eigenvalue weighted by Crippen LogP contribution is 2.33. The molecule has 2 rings (SSSR count). The fourth-order valence-corrected chi connectivity index (χ4v) is 2.51. The summed E-state index contributed by atoms with van der Waals surface area (Å²) in [7, 11) is 0. The monoisotopic (exact) mass is 210 g/mol. The maximum atomic E-state index is 6.13. The Morgan fingerprint density at radius 2 is 2.00 bits per heavy atom. The number of nitrogens with zero attached hydrogens (tertiary/aromatic N) is 1. The number of hydrogen-bond acceptors (Lipinski definition) is 2. The molecule has 15 heavy (non-hydrogen) atoms. The van der Waals surface area contributed by atoms with Gasteiger partial charge in [0.25, 0.3) is 0 Å². The largest absolute Gasteiger partial charge is 0.327 e. The molecule has 0 aliphatic heterocycles. The molecule has 0 amide bonds. The molecule has 2 fully saturated rings. The van der Waals surface area contributed by atoms with Crippen LogP contribution in [0.4, 0.5) is 0 Å². The van der Waals surface area contributed by atoms with Crippen LogP contribution in [-0.2, 0) is 0 Å². The van der Waals surface area contributed by atoms with Gasteiger partial charge in [0.15, 0.2) is 0 Å². The van der Waals surface area contributed by atoms with Crippen molar-refractivity contribution in [3.63, 3.8) is 0 Å². The Morgan fingerprint density at radius 1 is 1.27 bits per heavy atom. The highest BCUT2D eigenvalue weighted by atomic mass is 15.1. The predicted octanol–water partition coefficient (Wildman–Crippen LogP) is 2.24. The summed E-state index contributed by atoms with van der Waals surface area (Å²) >= 11 is 0. The molecule has 0 aromatic carbocycles. The summed E-state index contributed by atoms with van der Waals surface area (Å²) < 4.78 is 0. The fourth-order valence-electron chi connectivity index (χ4n) is 2.51. The van der Waals surface area contributed by atoms with E-state index in [9.17, 15) is 0 Å². The maximum Gasteiger partial charge on any atom is 0.00793 e. The van der Waals surface area contributed by atoms with Crippen LogP contribution in [0.3, 0.4) is 0 Å². The standard InChI is InChI=1S/C13H26N2/c1-2-15(10-11-4-3-5-11)9-8-13(14)12-6-7-12/h11-13H,2-10,14H2,1H3. The fraction of sp³-hybridized carbons (Fsp3) is 1.00. The van der Waals surface area contributed by atoms with E-state index in [4.69, 9.17) is 5.73 Å². The van der Waals surface area contributed by atoms with Gasteiger partial charge in [0.2, 0.25) is 0 Å². The molecule has 1 unspecified atom stereocenters. The van der Waals surface area contributed by atoms with Crippen molar-refractivity contribution < 1.29 is 0 Å². The molecule has 0 aromatic heterocycles. The average Bonchev–Trinajstić information content (AvgIpc) is 2.98. The molecule has 2 aliphatic carbocycles. The van der Waals surface area contributed by atoms with Crippen molar-refractivity contribution in [3.8, 4) is 0 Å². The summed E-state index contributed by atoms with van der Waals surface area (Å²) in [5.74, 6) is 1.87.